The Morgan fingerprint density at radius 1 is 1.20 bits per heavy atom. The summed E-state index contributed by atoms with van der Waals surface area (Å²) in [5.41, 5.74) is 0.783. The van der Waals surface area contributed by atoms with Crippen molar-refractivity contribution in [1.29, 1.82) is 0 Å². The van der Waals surface area contributed by atoms with Gasteiger partial charge in [-0.15, -0.1) is 0 Å². The van der Waals surface area contributed by atoms with Crippen molar-refractivity contribution in [1.82, 2.24) is 0 Å². The van der Waals surface area contributed by atoms with Gasteiger partial charge in [0, 0.05) is 23.8 Å². The summed E-state index contributed by atoms with van der Waals surface area (Å²) in [6.45, 7) is 0. The number of carbonyl (C=O) groups excluding carboxylic acids is 1. The fraction of sp³-hybridized carbons (Fsp3) is 0.118. The number of hydrogen-bond donors (Lipinski definition) is 1. The molecule has 0 saturated heterocycles. The van der Waals surface area contributed by atoms with Gasteiger partial charge in [0.1, 0.15) is 11.5 Å². The van der Waals surface area contributed by atoms with Gasteiger partial charge in [0.2, 0.25) is 5.91 Å². The first-order chi connectivity index (χ1) is 11.9. The number of nitro groups is 1. The molecule has 0 bridgehead atoms. The quantitative estimate of drug-likeness (QED) is 0.478. The minimum atomic E-state index is -0.563. The van der Waals surface area contributed by atoms with Crippen LogP contribution in [-0.2, 0) is 4.79 Å². The Labute approximate surface area is 149 Å². The third kappa shape index (κ3) is 4.71. The van der Waals surface area contributed by atoms with Gasteiger partial charge in [0.05, 0.1) is 29.9 Å². The van der Waals surface area contributed by atoms with E-state index < -0.39 is 10.8 Å². The van der Waals surface area contributed by atoms with Gasteiger partial charge in [-0.2, -0.15) is 0 Å². The number of nitrogens with one attached hydrogen (secondary N) is 1. The molecule has 0 aliphatic carbocycles. The van der Waals surface area contributed by atoms with Gasteiger partial charge in [-0.3, -0.25) is 14.9 Å². The maximum absolute atomic E-state index is 12.0. The minimum Gasteiger partial charge on any atom is -0.497 e. The van der Waals surface area contributed by atoms with Crippen LogP contribution in [0.5, 0.6) is 11.5 Å². The summed E-state index contributed by atoms with van der Waals surface area (Å²) < 4.78 is 10.4. The molecule has 0 aromatic heterocycles. The summed E-state index contributed by atoms with van der Waals surface area (Å²) in [5.74, 6) is 0.762. The van der Waals surface area contributed by atoms with E-state index in [0.29, 0.717) is 17.1 Å². The lowest BCUT2D eigenvalue weighted by molar-refractivity contribution is -0.384. The number of non-ortho nitro benzene ring substituents is 1. The maximum atomic E-state index is 12.0. The number of ether oxygens (including phenoxy) is 2. The average molecular weight is 363 g/mol. The monoisotopic (exact) mass is 362 g/mol. The molecule has 0 unspecified atom stereocenters. The fourth-order valence-corrected chi connectivity index (χ4v) is 2.25. The number of nitro benzene ring substituents is 1. The summed E-state index contributed by atoms with van der Waals surface area (Å²) in [7, 11) is 3.06. The standard InChI is InChI=1S/C17H15ClN2O5/c1-24-13-5-7-16(25-2)11(9-13)3-8-17(21)19-15-6-4-12(20(22)23)10-14(15)18/h3-10H,1-2H3,(H,19,21)/b8-3+. The van der Waals surface area contributed by atoms with Crippen LogP contribution in [-0.4, -0.2) is 25.1 Å². The number of anilines is 1. The highest BCUT2D eigenvalue weighted by Crippen LogP contribution is 2.27. The topological polar surface area (TPSA) is 90.7 Å². The fourth-order valence-electron chi connectivity index (χ4n) is 2.03. The Hall–Kier alpha value is -3.06. The first-order valence-corrected chi connectivity index (χ1v) is 7.47. The summed E-state index contributed by atoms with van der Waals surface area (Å²) in [6.07, 6.45) is 2.87. The zero-order chi connectivity index (χ0) is 18.4. The number of carbonyl (C=O) groups is 1. The number of halogens is 1. The van der Waals surface area contributed by atoms with Crippen LogP contribution in [0.15, 0.2) is 42.5 Å². The summed E-state index contributed by atoms with van der Waals surface area (Å²) in [5, 5.41) is 13.3. The van der Waals surface area contributed by atoms with Crippen molar-refractivity contribution < 1.29 is 19.2 Å². The van der Waals surface area contributed by atoms with Crippen molar-refractivity contribution in [3.63, 3.8) is 0 Å². The van der Waals surface area contributed by atoms with E-state index in [1.54, 1.807) is 31.4 Å². The number of hydrogen-bond acceptors (Lipinski definition) is 5. The van der Waals surface area contributed by atoms with Crippen LogP contribution in [0.2, 0.25) is 5.02 Å². The predicted octanol–water partition coefficient (Wildman–Crippen LogP) is 3.92. The molecule has 1 N–H and O–H groups in total. The lowest BCUT2D eigenvalue weighted by Crippen LogP contribution is -2.08. The second-order valence-electron chi connectivity index (χ2n) is 4.85. The number of benzene rings is 2. The Bertz CT molecular complexity index is 836. The molecule has 2 aromatic carbocycles. The normalized spacial score (nSPS) is 10.5. The molecule has 0 saturated carbocycles. The van der Waals surface area contributed by atoms with Gasteiger partial charge in [-0.1, -0.05) is 11.6 Å². The number of nitrogens with zero attached hydrogens (tertiary/aromatic N) is 1. The molecule has 8 heteroatoms. The van der Waals surface area contributed by atoms with E-state index in [0.717, 1.165) is 0 Å². The largest absolute Gasteiger partial charge is 0.497 e. The van der Waals surface area contributed by atoms with E-state index >= 15 is 0 Å². The SMILES string of the molecule is COc1ccc(OC)c(/C=C/C(=O)Nc2ccc([N+](=O)[O-])cc2Cl)c1. The molecule has 0 aliphatic heterocycles. The lowest BCUT2D eigenvalue weighted by atomic mass is 10.1. The second-order valence-corrected chi connectivity index (χ2v) is 5.26. The molecule has 0 radical (unpaired) electrons. The minimum absolute atomic E-state index is 0.0786. The maximum Gasteiger partial charge on any atom is 0.271 e. The van der Waals surface area contributed by atoms with Gasteiger partial charge in [-0.05, 0) is 30.3 Å². The van der Waals surface area contributed by atoms with Crippen molar-refractivity contribution in [2.75, 3.05) is 19.5 Å². The molecule has 7 nitrogen and oxygen atoms in total. The molecule has 25 heavy (non-hydrogen) atoms. The van der Waals surface area contributed by atoms with Gasteiger partial charge in [-0.25, -0.2) is 0 Å². The Kier molecular flexibility index (Phi) is 5.97. The first-order valence-electron chi connectivity index (χ1n) is 7.09. The van der Waals surface area contributed by atoms with Crippen LogP contribution in [0.4, 0.5) is 11.4 Å². The molecular formula is C17H15ClN2O5. The summed E-state index contributed by atoms with van der Waals surface area (Å²) in [6, 6.07) is 9.00. The molecule has 0 heterocycles. The number of rotatable bonds is 6. The van der Waals surface area contributed by atoms with Crippen molar-refractivity contribution in [3.8, 4) is 11.5 Å². The molecular weight excluding hydrogens is 348 g/mol. The van der Waals surface area contributed by atoms with Gasteiger partial charge in [0.15, 0.2) is 0 Å². The molecule has 0 spiro atoms. The van der Waals surface area contributed by atoms with Crippen LogP contribution in [0.25, 0.3) is 6.08 Å². The van der Waals surface area contributed by atoms with Crippen molar-refractivity contribution >= 4 is 35.0 Å². The number of methoxy groups -OCH3 is 2. The van der Waals surface area contributed by atoms with Crippen molar-refractivity contribution in [2.24, 2.45) is 0 Å². The van der Waals surface area contributed by atoms with Crippen molar-refractivity contribution in [2.45, 2.75) is 0 Å². The average Bonchev–Trinajstić information content (AvgIpc) is 2.61. The zero-order valence-corrected chi connectivity index (χ0v) is 14.2. The van der Waals surface area contributed by atoms with Crippen LogP contribution >= 0.6 is 11.6 Å². The van der Waals surface area contributed by atoms with Crippen LogP contribution < -0.4 is 14.8 Å². The molecule has 1 amide bonds. The highest BCUT2D eigenvalue weighted by molar-refractivity contribution is 6.34. The Morgan fingerprint density at radius 2 is 1.96 bits per heavy atom. The Balaban J connectivity index is 2.15. The van der Waals surface area contributed by atoms with E-state index in [1.165, 1.54) is 31.4 Å². The lowest BCUT2D eigenvalue weighted by Gasteiger charge is -2.07. The van der Waals surface area contributed by atoms with E-state index in [2.05, 4.69) is 5.32 Å². The van der Waals surface area contributed by atoms with E-state index in [4.69, 9.17) is 21.1 Å². The second kappa shape index (κ2) is 8.16. The zero-order valence-electron chi connectivity index (χ0n) is 13.5. The molecule has 130 valence electrons. The van der Waals surface area contributed by atoms with Crippen LogP contribution in [0.1, 0.15) is 5.56 Å². The van der Waals surface area contributed by atoms with E-state index in [1.807, 2.05) is 0 Å². The summed E-state index contributed by atoms with van der Waals surface area (Å²) >= 11 is 5.94. The number of amides is 1. The molecule has 0 aliphatic rings. The van der Waals surface area contributed by atoms with Crippen LogP contribution in [0, 0.1) is 10.1 Å². The van der Waals surface area contributed by atoms with Crippen LogP contribution in [0.3, 0.4) is 0 Å². The van der Waals surface area contributed by atoms with Gasteiger partial charge in [0.25, 0.3) is 5.69 Å². The molecule has 0 atom stereocenters. The predicted molar refractivity (Wildman–Crippen MR) is 95.3 cm³/mol. The Morgan fingerprint density at radius 3 is 2.56 bits per heavy atom. The third-order valence-electron chi connectivity index (χ3n) is 3.27. The molecule has 0 fully saturated rings. The summed E-state index contributed by atoms with van der Waals surface area (Å²) in [4.78, 5) is 22.2. The van der Waals surface area contributed by atoms with Crippen molar-refractivity contribution in [3.05, 3.63) is 63.2 Å². The first kappa shape index (κ1) is 18.3. The van der Waals surface area contributed by atoms with E-state index in [-0.39, 0.29) is 16.4 Å². The highest BCUT2D eigenvalue weighted by atomic mass is 35.5. The third-order valence-corrected chi connectivity index (χ3v) is 3.59. The van der Waals surface area contributed by atoms with E-state index in [9.17, 15) is 14.9 Å². The van der Waals surface area contributed by atoms with Gasteiger partial charge < -0.3 is 14.8 Å². The smallest absolute Gasteiger partial charge is 0.271 e. The highest BCUT2D eigenvalue weighted by Gasteiger charge is 2.10. The molecule has 2 aromatic rings. The molecule has 2 rings (SSSR count). The van der Waals surface area contributed by atoms with Gasteiger partial charge >= 0.3 is 0 Å².